The third kappa shape index (κ3) is 4.22. The molecule has 106 valence electrons. The second-order valence-corrected chi connectivity index (χ2v) is 7.05. The number of pyridine rings is 1. The van der Waals surface area contributed by atoms with Crippen molar-refractivity contribution in [2.24, 2.45) is 5.92 Å². The Kier molecular flexibility index (Phi) is 5.71. The molecule has 1 aliphatic carbocycles. The number of hydrogen-bond acceptors (Lipinski definition) is 3. The van der Waals surface area contributed by atoms with E-state index >= 15 is 0 Å². The first-order valence-corrected chi connectivity index (χ1v) is 8.40. The summed E-state index contributed by atoms with van der Waals surface area (Å²) in [4.78, 5) is 5.95. The largest absolute Gasteiger partial charge is 0.312 e. The predicted octanol–water partition coefficient (Wildman–Crippen LogP) is 4.42. The molecule has 3 heteroatoms. The number of aromatic nitrogens is 1. The maximum atomic E-state index is 4.62. The molecule has 1 saturated carbocycles. The lowest BCUT2D eigenvalue weighted by Crippen LogP contribution is -2.16. The van der Waals surface area contributed by atoms with Gasteiger partial charge in [-0.3, -0.25) is 4.98 Å². The Bertz CT molecular complexity index is 373. The molecule has 0 aromatic carbocycles. The van der Waals surface area contributed by atoms with Crippen LogP contribution in [0.25, 0.3) is 0 Å². The van der Waals surface area contributed by atoms with Crippen molar-refractivity contribution >= 4 is 11.8 Å². The smallest absolute Gasteiger partial charge is 0.0573 e. The van der Waals surface area contributed by atoms with E-state index in [0.717, 1.165) is 23.3 Å². The molecule has 0 aliphatic heterocycles. The van der Waals surface area contributed by atoms with E-state index < -0.39 is 0 Å². The van der Waals surface area contributed by atoms with Gasteiger partial charge in [0.1, 0.15) is 0 Å². The fraction of sp³-hybridized carbons (Fsp3) is 0.688. The summed E-state index contributed by atoms with van der Waals surface area (Å²) in [7, 11) is 2.00. The van der Waals surface area contributed by atoms with Crippen LogP contribution in [0.4, 0.5) is 0 Å². The molecule has 0 spiro atoms. The average molecular weight is 278 g/mol. The summed E-state index contributed by atoms with van der Waals surface area (Å²) in [5.41, 5.74) is 1.16. The molecule has 3 unspecified atom stereocenters. The van der Waals surface area contributed by atoms with Gasteiger partial charge < -0.3 is 5.32 Å². The van der Waals surface area contributed by atoms with Crippen molar-refractivity contribution < 1.29 is 0 Å². The molecule has 3 atom stereocenters. The molecule has 0 amide bonds. The van der Waals surface area contributed by atoms with E-state index in [-0.39, 0.29) is 0 Å². The number of hydrogen-bond donors (Lipinski definition) is 1. The Labute approximate surface area is 121 Å². The van der Waals surface area contributed by atoms with Crippen molar-refractivity contribution in [3.63, 3.8) is 0 Å². The minimum atomic E-state index is 0.383. The number of thioether (sulfide) groups is 1. The molecule has 19 heavy (non-hydrogen) atoms. The maximum Gasteiger partial charge on any atom is 0.0573 e. The van der Waals surface area contributed by atoms with Gasteiger partial charge in [-0.1, -0.05) is 26.7 Å². The standard InChI is InChI=1S/C16H26N2S/c1-4-15(17-3)16-9-8-14(11-18-16)19-13-7-5-6-12(2)10-13/h8-9,11-13,15,17H,4-7,10H2,1-3H3. The van der Waals surface area contributed by atoms with Crippen LogP contribution in [0, 0.1) is 5.92 Å². The highest BCUT2D eigenvalue weighted by Crippen LogP contribution is 2.35. The molecular weight excluding hydrogens is 252 g/mol. The zero-order valence-electron chi connectivity index (χ0n) is 12.4. The summed E-state index contributed by atoms with van der Waals surface area (Å²) >= 11 is 2.02. The van der Waals surface area contributed by atoms with Crippen molar-refractivity contribution in [1.29, 1.82) is 0 Å². The van der Waals surface area contributed by atoms with Crippen LogP contribution in [0.5, 0.6) is 0 Å². The van der Waals surface area contributed by atoms with Crippen molar-refractivity contribution in [3.05, 3.63) is 24.0 Å². The van der Waals surface area contributed by atoms with Gasteiger partial charge in [-0.05, 0) is 44.4 Å². The summed E-state index contributed by atoms with van der Waals surface area (Å²) in [6.45, 7) is 4.57. The van der Waals surface area contributed by atoms with Crippen LogP contribution in [0.3, 0.4) is 0 Å². The third-order valence-electron chi connectivity index (χ3n) is 4.06. The normalized spacial score (nSPS) is 25.2. The molecule has 0 radical (unpaired) electrons. The molecule has 0 saturated heterocycles. The van der Waals surface area contributed by atoms with E-state index in [2.05, 4.69) is 42.5 Å². The van der Waals surface area contributed by atoms with Crippen LogP contribution in [-0.2, 0) is 0 Å². The Morgan fingerprint density at radius 1 is 1.42 bits per heavy atom. The zero-order valence-corrected chi connectivity index (χ0v) is 13.2. The van der Waals surface area contributed by atoms with E-state index in [4.69, 9.17) is 0 Å². The summed E-state index contributed by atoms with van der Waals surface area (Å²) in [6, 6.07) is 4.81. The van der Waals surface area contributed by atoms with Crippen LogP contribution in [0.1, 0.15) is 57.7 Å². The zero-order chi connectivity index (χ0) is 13.7. The van der Waals surface area contributed by atoms with Crippen LogP contribution in [0.15, 0.2) is 23.2 Å². The first-order chi connectivity index (χ1) is 9.22. The van der Waals surface area contributed by atoms with Gasteiger partial charge in [-0.15, -0.1) is 11.8 Å². The fourth-order valence-corrected chi connectivity index (χ4v) is 4.26. The molecule has 1 aliphatic rings. The van der Waals surface area contributed by atoms with Gasteiger partial charge in [0.15, 0.2) is 0 Å². The molecule has 2 nitrogen and oxygen atoms in total. The van der Waals surface area contributed by atoms with Crippen LogP contribution in [-0.4, -0.2) is 17.3 Å². The van der Waals surface area contributed by atoms with Crippen LogP contribution in [0.2, 0.25) is 0 Å². The minimum Gasteiger partial charge on any atom is -0.312 e. The molecule has 2 rings (SSSR count). The second kappa shape index (κ2) is 7.30. The monoisotopic (exact) mass is 278 g/mol. The topological polar surface area (TPSA) is 24.9 Å². The van der Waals surface area contributed by atoms with Gasteiger partial charge in [0.25, 0.3) is 0 Å². The molecule has 1 N–H and O–H groups in total. The quantitative estimate of drug-likeness (QED) is 0.863. The van der Waals surface area contributed by atoms with Crippen LogP contribution >= 0.6 is 11.8 Å². The SMILES string of the molecule is CCC(NC)c1ccc(SC2CCCC(C)C2)cn1. The molecular formula is C16H26N2S. The highest BCUT2D eigenvalue weighted by molar-refractivity contribution is 8.00. The van der Waals surface area contributed by atoms with Gasteiger partial charge in [0.05, 0.1) is 5.69 Å². The van der Waals surface area contributed by atoms with Gasteiger partial charge in [-0.25, -0.2) is 0 Å². The summed E-state index contributed by atoms with van der Waals surface area (Å²) < 4.78 is 0. The third-order valence-corrected chi connectivity index (χ3v) is 5.34. The second-order valence-electron chi connectivity index (χ2n) is 5.68. The predicted molar refractivity (Wildman–Crippen MR) is 83.6 cm³/mol. The molecule has 1 fully saturated rings. The summed E-state index contributed by atoms with van der Waals surface area (Å²) in [6.07, 6.45) is 8.66. The van der Waals surface area contributed by atoms with Crippen molar-refractivity contribution in [3.8, 4) is 0 Å². The van der Waals surface area contributed by atoms with E-state index in [0.29, 0.717) is 6.04 Å². The van der Waals surface area contributed by atoms with Gasteiger partial charge in [0, 0.05) is 22.4 Å². The van der Waals surface area contributed by atoms with Crippen molar-refractivity contribution in [2.75, 3.05) is 7.05 Å². The maximum absolute atomic E-state index is 4.62. The lowest BCUT2D eigenvalue weighted by molar-refractivity contribution is 0.394. The van der Waals surface area contributed by atoms with Crippen LogP contribution < -0.4 is 5.32 Å². The van der Waals surface area contributed by atoms with E-state index in [1.165, 1.54) is 30.6 Å². The Morgan fingerprint density at radius 2 is 2.26 bits per heavy atom. The fourth-order valence-electron chi connectivity index (χ4n) is 2.91. The molecule has 0 bridgehead atoms. The number of nitrogens with one attached hydrogen (secondary N) is 1. The van der Waals surface area contributed by atoms with Gasteiger partial charge >= 0.3 is 0 Å². The van der Waals surface area contributed by atoms with E-state index in [1.807, 2.05) is 18.8 Å². The summed E-state index contributed by atoms with van der Waals surface area (Å²) in [5.74, 6) is 0.896. The Morgan fingerprint density at radius 3 is 2.84 bits per heavy atom. The lowest BCUT2D eigenvalue weighted by atomic mass is 9.91. The highest BCUT2D eigenvalue weighted by Gasteiger charge is 2.19. The van der Waals surface area contributed by atoms with E-state index in [9.17, 15) is 0 Å². The minimum absolute atomic E-state index is 0.383. The molecule has 1 aromatic rings. The van der Waals surface area contributed by atoms with Crippen molar-refractivity contribution in [1.82, 2.24) is 10.3 Å². The number of nitrogens with zero attached hydrogens (tertiary/aromatic N) is 1. The van der Waals surface area contributed by atoms with Gasteiger partial charge in [-0.2, -0.15) is 0 Å². The van der Waals surface area contributed by atoms with Crippen molar-refractivity contribution in [2.45, 2.75) is 62.1 Å². The summed E-state index contributed by atoms with van der Waals surface area (Å²) in [5, 5.41) is 4.10. The highest BCUT2D eigenvalue weighted by atomic mass is 32.2. The Hall–Kier alpha value is -0.540. The Balaban J connectivity index is 1.94. The molecule has 1 aromatic heterocycles. The molecule has 1 heterocycles. The first-order valence-electron chi connectivity index (χ1n) is 7.52. The average Bonchev–Trinajstić information content (AvgIpc) is 2.42. The first kappa shape index (κ1) is 14.9. The van der Waals surface area contributed by atoms with Gasteiger partial charge in [0.2, 0.25) is 0 Å². The van der Waals surface area contributed by atoms with E-state index in [1.54, 1.807) is 0 Å². The lowest BCUT2D eigenvalue weighted by Gasteiger charge is -2.26. The number of rotatable bonds is 5.